The Labute approximate surface area is 173 Å². The van der Waals surface area contributed by atoms with Crippen LogP contribution < -0.4 is 15.1 Å². The number of nitrogens with zero attached hydrogens (tertiary/aromatic N) is 3. The van der Waals surface area contributed by atoms with E-state index in [1.54, 1.807) is 30.3 Å². The molecule has 1 saturated heterocycles. The van der Waals surface area contributed by atoms with Gasteiger partial charge in [0.2, 0.25) is 0 Å². The van der Waals surface area contributed by atoms with Gasteiger partial charge in [0.15, 0.2) is 6.61 Å². The second-order valence-corrected chi connectivity index (χ2v) is 7.02. The van der Waals surface area contributed by atoms with Gasteiger partial charge in [0.05, 0.1) is 11.1 Å². The zero-order valence-corrected chi connectivity index (χ0v) is 16.5. The molecule has 0 radical (unpaired) electrons. The second kappa shape index (κ2) is 9.88. The fourth-order valence-electron chi connectivity index (χ4n) is 3.07. The number of non-ortho nitro benzene ring substituents is 1. The fraction of sp³-hybridized carbons (Fsp3) is 0.300. The summed E-state index contributed by atoms with van der Waals surface area (Å²) >= 11 is 5.80. The molecule has 2 aromatic rings. The number of hydrazone groups is 1. The summed E-state index contributed by atoms with van der Waals surface area (Å²) in [6.45, 7) is 1.56. The lowest BCUT2D eigenvalue weighted by atomic mass is 10.1. The first-order chi connectivity index (χ1) is 14.0. The van der Waals surface area contributed by atoms with E-state index in [0.29, 0.717) is 16.3 Å². The molecule has 1 amide bonds. The Kier molecular flexibility index (Phi) is 7.02. The number of carbonyl (C=O) groups excluding carboxylic acids is 1. The lowest BCUT2D eigenvalue weighted by Crippen LogP contribution is -2.30. The van der Waals surface area contributed by atoms with E-state index in [-0.39, 0.29) is 12.3 Å². The van der Waals surface area contributed by atoms with Gasteiger partial charge in [-0.05, 0) is 49.6 Å². The fourth-order valence-corrected chi connectivity index (χ4v) is 3.19. The minimum Gasteiger partial charge on any atom is -0.484 e. The van der Waals surface area contributed by atoms with Gasteiger partial charge in [-0.25, -0.2) is 5.43 Å². The minimum absolute atomic E-state index is 0.0235. The summed E-state index contributed by atoms with van der Waals surface area (Å²) in [5, 5.41) is 15.6. The van der Waals surface area contributed by atoms with E-state index in [1.807, 2.05) is 0 Å². The van der Waals surface area contributed by atoms with Crippen molar-refractivity contribution in [3.05, 3.63) is 63.2 Å². The highest BCUT2D eigenvalue weighted by molar-refractivity contribution is 6.30. The van der Waals surface area contributed by atoms with Crippen LogP contribution in [0.4, 0.5) is 11.4 Å². The Morgan fingerprint density at radius 3 is 2.62 bits per heavy atom. The Balaban J connectivity index is 1.64. The predicted octanol–water partition coefficient (Wildman–Crippen LogP) is 3.77. The average molecular weight is 417 g/mol. The van der Waals surface area contributed by atoms with Crippen molar-refractivity contribution in [1.29, 1.82) is 0 Å². The number of nitrogens with one attached hydrogen (secondary N) is 1. The van der Waals surface area contributed by atoms with Gasteiger partial charge in [0, 0.05) is 41.5 Å². The molecule has 0 spiro atoms. The molecule has 1 aliphatic heterocycles. The third-order valence-electron chi connectivity index (χ3n) is 4.50. The smallest absolute Gasteiger partial charge is 0.277 e. The molecule has 0 atom stereocenters. The number of ether oxygens (including phenoxy) is 1. The van der Waals surface area contributed by atoms with Crippen LogP contribution in [0.25, 0.3) is 0 Å². The van der Waals surface area contributed by atoms with Gasteiger partial charge < -0.3 is 9.64 Å². The number of carbonyl (C=O) groups is 1. The largest absolute Gasteiger partial charge is 0.484 e. The molecule has 1 aliphatic rings. The molecule has 3 rings (SSSR count). The molecule has 0 saturated carbocycles. The third kappa shape index (κ3) is 5.92. The molecule has 0 bridgehead atoms. The van der Waals surface area contributed by atoms with Crippen molar-refractivity contribution in [1.82, 2.24) is 5.43 Å². The van der Waals surface area contributed by atoms with Gasteiger partial charge in [0.25, 0.3) is 11.6 Å². The van der Waals surface area contributed by atoms with E-state index in [4.69, 9.17) is 16.3 Å². The van der Waals surface area contributed by atoms with E-state index >= 15 is 0 Å². The topological polar surface area (TPSA) is 97.1 Å². The number of hydrogen-bond donors (Lipinski definition) is 1. The van der Waals surface area contributed by atoms with Crippen molar-refractivity contribution in [2.24, 2.45) is 5.10 Å². The summed E-state index contributed by atoms with van der Waals surface area (Å²) in [5.41, 5.74) is 3.81. The van der Waals surface area contributed by atoms with Gasteiger partial charge in [-0.1, -0.05) is 11.6 Å². The SMILES string of the molecule is O=C(COc1ccc(Cl)cc1)NN=Cc1cc([N+](=O)[O-])ccc1N1CCCCC1. The molecule has 8 nitrogen and oxygen atoms in total. The van der Waals surface area contributed by atoms with E-state index in [0.717, 1.165) is 31.6 Å². The molecule has 152 valence electrons. The zero-order chi connectivity index (χ0) is 20.6. The first kappa shape index (κ1) is 20.6. The van der Waals surface area contributed by atoms with Crippen molar-refractivity contribution in [3.63, 3.8) is 0 Å². The molecule has 1 N–H and O–H groups in total. The number of rotatable bonds is 7. The number of halogens is 1. The Bertz CT molecular complexity index is 896. The quantitative estimate of drug-likeness (QED) is 0.421. The van der Waals surface area contributed by atoms with Crippen molar-refractivity contribution in [3.8, 4) is 5.75 Å². The van der Waals surface area contributed by atoms with Crippen LogP contribution in [0, 0.1) is 10.1 Å². The first-order valence-corrected chi connectivity index (χ1v) is 9.64. The van der Waals surface area contributed by atoms with Crippen LogP contribution in [-0.4, -0.2) is 36.7 Å². The number of amides is 1. The van der Waals surface area contributed by atoms with Crippen LogP contribution in [0.5, 0.6) is 5.75 Å². The normalized spacial score (nSPS) is 14.0. The lowest BCUT2D eigenvalue weighted by molar-refractivity contribution is -0.384. The van der Waals surface area contributed by atoms with Crippen LogP contribution in [0.15, 0.2) is 47.6 Å². The van der Waals surface area contributed by atoms with Crippen molar-refractivity contribution >= 4 is 35.1 Å². The maximum Gasteiger partial charge on any atom is 0.277 e. The van der Waals surface area contributed by atoms with E-state index < -0.39 is 10.8 Å². The zero-order valence-electron chi connectivity index (χ0n) is 15.7. The first-order valence-electron chi connectivity index (χ1n) is 9.26. The van der Waals surface area contributed by atoms with Gasteiger partial charge >= 0.3 is 0 Å². The molecule has 2 aromatic carbocycles. The minimum atomic E-state index is -0.449. The third-order valence-corrected chi connectivity index (χ3v) is 4.75. The maximum absolute atomic E-state index is 11.9. The molecule has 0 aromatic heterocycles. The maximum atomic E-state index is 11.9. The van der Waals surface area contributed by atoms with Crippen LogP contribution in [0.3, 0.4) is 0 Å². The molecule has 1 fully saturated rings. The number of nitro groups is 1. The molecule has 9 heteroatoms. The monoisotopic (exact) mass is 416 g/mol. The van der Waals surface area contributed by atoms with Crippen LogP contribution >= 0.6 is 11.6 Å². The molecular weight excluding hydrogens is 396 g/mol. The highest BCUT2D eigenvalue weighted by atomic mass is 35.5. The summed E-state index contributed by atoms with van der Waals surface area (Å²) < 4.78 is 5.35. The summed E-state index contributed by atoms with van der Waals surface area (Å²) in [6, 6.07) is 11.3. The number of anilines is 1. The van der Waals surface area contributed by atoms with Gasteiger partial charge in [-0.2, -0.15) is 5.10 Å². The lowest BCUT2D eigenvalue weighted by Gasteiger charge is -2.29. The van der Waals surface area contributed by atoms with Crippen LogP contribution in [-0.2, 0) is 4.79 Å². The molecular formula is C20H21ClN4O4. The Morgan fingerprint density at radius 1 is 1.21 bits per heavy atom. The van der Waals surface area contributed by atoms with E-state index in [9.17, 15) is 14.9 Å². The standard InChI is InChI=1S/C20H21ClN4O4/c21-16-4-7-18(8-5-16)29-14-20(26)23-22-13-15-12-17(25(27)28)6-9-19(15)24-10-2-1-3-11-24/h4-9,12-13H,1-3,10-11,14H2,(H,23,26). The van der Waals surface area contributed by atoms with Gasteiger partial charge in [-0.15, -0.1) is 0 Å². The molecule has 0 unspecified atom stereocenters. The summed E-state index contributed by atoms with van der Waals surface area (Å²) in [4.78, 5) is 24.8. The van der Waals surface area contributed by atoms with Crippen molar-refractivity contribution in [2.45, 2.75) is 19.3 Å². The molecule has 29 heavy (non-hydrogen) atoms. The second-order valence-electron chi connectivity index (χ2n) is 6.58. The summed E-state index contributed by atoms with van der Waals surface area (Å²) in [7, 11) is 0. The van der Waals surface area contributed by atoms with E-state index in [1.165, 1.54) is 24.8 Å². The van der Waals surface area contributed by atoms with Crippen LogP contribution in [0.1, 0.15) is 24.8 Å². The highest BCUT2D eigenvalue weighted by Gasteiger charge is 2.17. The molecule has 1 heterocycles. The van der Waals surface area contributed by atoms with Crippen molar-refractivity contribution < 1.29 is 14.5 Å². The van der Waals surface area contributed by atoms with Gasteiger partial charge in [0.1, 0.15) is 5.75 Å². The predicted molar refractivity (Wildman–Crippen MR) is 112 cm³/mol. The number of benzene rings is 2. The molecule has 0 aliphatic carbocycles. The van der Waals surface area contributed by atoms with Crippen molar-refractivity contribution in [2.75, 3.05) is 24.6 Å². The number of piperidine rings is 1. The average Bonchev–Trinajstić information content (AvgIpc) is 2.74. The summed E-state index contributed by atoms with van der Waals surface area (Å²) in [5.74, 6) is 0.0701. The van der Waals surface area contributed by atoms with Gasteiger partial charge in [-0.3, -0.25) is 14.9 Å². The number of nitro benzene ring substituents is 1. The number of hydrogen-bond acceptors (Lipinski definition) is 6. The Hall–Kier alpha value is -3.13. The van der Waals surface area contributed by atoms with E-state index in [2.05, 4.69) is 15.4 Å². The summed E-state index contributed by atoms with van der Waals surface area (Å²) in [6.07, 6.45) is 4.76. The van der Waals surface area contributed by atoms with Crippen LogP contribution in [0.2, 0.25) is 5.02 Å². The Morgan fingerprint density at radius 2 is 1.93 bits per heavy atom. The highest BCUT2D eigenvalue weighted by Crippen LogP contribution is 2.26.